The monoisotopic (exact) mass is 516 g/mol. The molecule has 1 aromatic heterocycles. The van der Waals surface area contributed by atoms with Crippen LogP contribution in [0.4, 0.5) is 5.13 Å². The fourth-order valence-electron chi connectivity index (χ4n) is 2.77. The van der Waals surface area contributed by atoms with Crippen LogP contribution >= 0.6 is 35.0 Å². The maximum Gasteiger partial charge on any atom is 0.353 e. The Morgan fingerprint density at radius 1 is 1.39 bits per heavy atom. The molecule has 0 spiro atoms. The van der Waals surface area contributed by atoms with Gasteiger partial charge in [0.1, 0.15) is 22.8 Å². The molecule has 0 bridgehead atoms. The number of nitrogen functional groups attached to an aromatic ring is 1. The van der Waals surface area contributed by atoms with Crippen molar-refractivity contribution in [2.24, 2.45) is 5.16 Å². The molecule has 3 rings (SSSR count). The summed E-state index contributed by atoms with van der Waals surface area (Å²) in [5.74, 6) is -4.44. The largest absolute Gasteiger partial charge is 0.479 e. The van der Waals surface area contributed by atoms with Crippen LogP contribution in [0.1, 0.15) is 12.6 Å². The Morgan fingerprint density at radius 2 is 2.12 bits per heavy atom. The lowest BCUT2D eigenvalue weighted by atomic mass is 10.0. The fourth-order valence-corrected chi connectivity index (χ4v) is 5.50. The first kappa shape index (κ1) is 24.3. The number of thioether (sulfide) groups is 1. The van der Waals surface area contributed by atoms with Crippen molar-refractivity contribution >= 4 is 75.5 Å². The Kier molecular flexibility index (Phi) is 7.44. The SMILES string of the molecule is CC(=O)NSC1=C(C(=O)O)N2C(=O)[C@@H](NC(=O)/C(=N/OCC(=O)O)c3csc(N)n3)[C@H]2SC1. The molecule has 1 fully saturated rings. The third kappa shape index (κ3) is 5.37. The zero-order valence-electron chi connectivity index (χ0n) is 16.6. The van der Waals surface area contributed by atoms with Crippen molar-refractivity contribution in [2.75, 3.05) is 18.1 Å². The minimum Gasteiger partial charge on any atom is -0.479 e. The van der Waals surface area contributed by atoms with E-state index in [1.807, 2.05) is 0 Å². The van der Waals surface area contributed by atoms with E-state index in [1.165, 1.54) is 24.1 Å². The second kappa shape index (κ2) is 10.1. The molecule has 33 heavy (non-hydrogen) atoms. The zero-order chi connectivity index (χ0) is 24.3. The smallest absolute Gasteiger partial charge is 0.353 e. The summed E-state index contributed by atoms with van der Waals surface area (Å²) in [5, 5.41) is 25.1. The summed E-state index contributed by atoms with van der Waals surface area (Å²) in [7, 11) is 0. The van der Waals surface area contributed by atoms with Crippen molar-refractivity contribution in [3.8, 4) is 0 Å². The molecule has 3 heterocycles. The molecule has 1 saturated heterocycles. The first-order chi connectivity index (χ1) is 15.6. The van der Waals surface area contributed by atoms with E-state index >= 15 is 0 Å². The quantitative estimate of drug-likeness (QED) is 0.116. The van der Waals surface area contributed by atoms with Crippen LogP contribution in [0.25, 0.3) is 0 Å². The number of carbonyl (C=O) groups excluding carboxylic acids is 3. The van der Waals surface area contributed by atoms with Crippen LogP contribution in [0.2, 0.25) is 0 Å². The summed E-state index contributed by atoms with van der Waals surface area (Å²) in [6, 6.07) is -1.08. The predicted molar refractivity (Wildman–Crippen MR) is 118 cm³/mol. The number of hydrogen-bond acceptors (Lipinski definition) is 12. The highest BCUT2D eigenvalue weighted by molar-refractivity contribution is 8.05. The number of amides is 3. The predicted octanol–water partition coefficient (Wildman–Crippen LogP) is -0.989. The molecule has 0 radical (unpaired) electrons. The molecule has 176 valence electrons. The molecule has 0 aliphatic carbocycles. The third-order valence-corrected chi connectivity index (χ3v) is 7.17. The van der Waals surface area contributed by atoms with Gasteiger partial charge in [0.2, 0.25) is 12.5 Å². The molecule has 2 atom stereocenters. The number of hydrogen-bond donors (Lipinski definition) is 5. The number of carboxylic acid groups (broad SMARTS) is 2. The number of anilines is 1. The van der Waals surface area contributed by atoms with Crippen molar-refractivity contribution in [2.45, 2.75) is 18.3 Å². The highest BCUT2D eigenvalue weighted by Crippen LogP contribution is 2.42. The van der Waals surface area contributed by atoms with Gasteiger partial charge >= 0.3 is 11.9 Å². The number of carboxylic acids is 2. The molecular formula is C16H16N6O8S3. The van der Waals surface area contributed by atoms with Crippen molar-refractivity contribution in [3.63, 3.8) is 0 Å². The molecule has 17 heteroatoms. The van der Waals surface area contributed by atoms with E-state index in [4.69, 9.17) is 10.8 Å². The standard InChI is InChI=1S/C16H16N6O8S3/c1-5(23)21-33-7-4-31-14-10(13(27)22(14)11(7)15(28)29)19-12(26)9(20-30-2-8(24)25)6-3-32-16(17)18-6/h3,10,14H,2,4H2,1H3,(H2,17,18)(H,19,26)(H,21,23)(H,24,25)(H,28,29)/b20-9+/t10-,14-/m1/s1. The maximum absolute atomic E-state index is 12.8. The number of carbonyl (C=O) groups is 5. The number of aliphatic carboxylic acids is 2. The lowest BCUT2D eigenvalue weighted by Gasteiger charge is -2.49. The van der Waals surface area contributed by atoms with Gasteiger partial charge in [-0.05, 0) is 11.9 Å². The lowest BCUT2D eigenvalue weighted by molar-refractivity contribution is -0.150. The van der Waals surface area contributed by atoms with Crippen LogP contribution in [0.15, 0.2) is 21.1 Å². The van der Waals surface area contributed by atoms with E-state index in [9.17, 15) is 29.1 Å². The van der Waals surface area contributed by atoms with Gasteiger partial charge in [0, 0.05) is 23.0 Å². The molecule has 0 saturated carbocycles. The van der Waals surface area contributed by atoms with Gasteiger partial charge in [-0.3, -0.25) is 24.0 Å². The maximum atomic E-state index is 12.8. The van der Waals surface area contributed by atoms with Crippen LogP contribution in [-0.2, 0) is 28.8 Å². The Balaban J connectivity index is 1.78. The van der Waals surface area contributed by atoms with E-state index in [0.29, 0.717) is 0 Å². The molecule has 2 aliphatic rings. The Hall–Kier alpha value is -3.31. The topological polar surface area (TPSA) is 214 Å². The van der Waals surface area contributed by atoms with Crippen LogP contribution in [0.5, 0.6) is 0 Å². The van der Waals surface area contributed by atoms with Gasteiger partial charge in [-0.2, -0.15) is 0 Å². The Labute approximate surface area is 197 Å². The van der Waals surface area contributed by atoms with E-state index in [1.54, 1.807) is 0 Å². The van der Waals surface area contributed by atoms with Gasteiger partial charge in [0.25, 0.3) is 11.8 Å². The number of rotatable bonds is 9. The highest BCUT2D eigenvalue weighted by atomic mass is 32.2. The molecule has 6 N–H and O–H groups in total. The molecule has 3 amide bonds. The first-order valence-electron chi connectivity index (χ1n) is 8.88. The highest BCUT2D eigenvalue weighted by Gasteiger charge is 2.54. The number of oxime groups is 1. The van der Waals surface area contributed by atoms with Crippen molar-refractivity contribution in [1.29, 1.82) is 0 Å². The first-order valence-corrected chi connectivity index (χ1v) is 11.6. The minimum atomic E-state index is -1.35. The number of β-lactam (4-membered cyclic amide) rings is 1. The molecule has 0 unspecified atom stereocenters. The summed E-state index contributed by atoms with van der Waals surface area (Å²) in [4.78, 5) is 69.0. The number of thiazole rings is 1. The summed E-state index contributed by atoms with van der Waals surface area (Å²) in [6.07, 6.45) is 0. The van der Waals surface area contributed by atoms with Gasteiger partial charge < -0.3 is 26.1 Å². The molecule has 1 aromatic rings. The van der Waals surface area contributed by atoms with E-state index in [0.717, 1.165) is 28.2 Å². The van der Waals surface area contributed by atoms with Crippen molar-refractivity contribution in [3.05, 3.63) is 21.7 Å². The zero-order valence-corrected chi connectivity index (χ0v) is 19.1. The summed E-state index contributed by atoms with van der Waals surface area (Å²) >= 11 is 3.01. The van der Waals surface area contributed by atoms with E-state index in [2.05, 4.69) is 25.0 Å². The molecular weight excluding hydrogens is 500 g/mol. The second-order valence-electron chi connectivity index (χ2n) is 6.38. The molecule has 2 aliphatic heterocycles. The summed E-state index contributed by atoms with van der Waals surface area (Å²) in [5.41, 5.74) is 4.91. The van der Waals surface area contributed by atoms with Crippen LogP contribution < -0.4 is 15.8 Å². The Morgan fingerprint density at radius 3 is 2.70 bits per heavy atom. The van der Waals surface area contributed by atoms with Gasteiger partial charge in [0.05, 0.1) is 0 Å². The van der Waals surface area contributed by atoms with Crippen LogP contribution in [0, 0.1) is 0 Å². The van der Waals surface area contributed by atoms with E-state index < -0.39 is 47.5 Å². The number of nitrogens with two attached hydrogens (primary N) is 1. The van der Waals surface area contributed by atoms with Crippen molar-refractivity contribution in [1.82, 2.24) is 19.9 Å². The Bertz CT molecular complexity index is 1090. The summed E-state index contributed by atoms with van der Waals surface area (Å²) in [6.45, 7) is 0.453. The summed E-state index contributed by atoms with van der Waals surface area (Å²) < 4.78 is 2.43. The van der Waals surface area contributed by atoms with Crippen LogP contribution in [0.3, 0.4) is 0 Å². The number of fused-ring (bicyclic) bond motifs is 1. The van der Waals surface area contributed by atoms with Gasteiger partial charge in [-0.1, -0.05) is 5.16 Å². The molecule has 0 aromatic carbocycles. The average Bonchev–Trinajstić information content (AvgIpc) is 3.17. The average molecular weight is 517 g/mol. The van der Waals surface area contributed by atoms with Gasteiger partial charge in [-0.25, -0.2) is 14.6 Å². The number of nitrogens with one attached hydrogen (secondary N) is 2. The fraction of sp³-hybridized carbons (Fsp3) is 0.312. The number of aromatic nitrogens is 1. The normalized spacial score (nSPS) is 20.0. The second-order valence-corrected chi connectivity index (χ2v) is 9.27. The number of nitrogens with zero attached hydrogens (tertiary/aromatic N) is 3. The minimum absolute atomic E-state index is 0.0143. The van der Waals surface area contributed by atoms with Crippen LogP contribution in [-0.4, -0.2) is 79.2 Å². The lowest BCUT2D eigenvalue weighted by Crippen LogP contribution is -2.71. The van der Waals surface area contributed by atoms with Gasteiger partial charge in [-0.15, -0.1) is 23.1 Å². The van der Waals surface area contributed by atoms with E-state index in [-0.39, 0.29) is 33.1 Å². The third-order valence-electron chi connectivity index (χ3n) is 4.06. The van der Waals surface area contributed by atoms with Crippen molar-refractivity contribution < 1.29 is 39.0 Å². The van der Waals surface area contributed by atoms with Gasteiger partial charge in [0.15, 0.2) is 10.8 Å². The molecule has 14 nitrogen and oxygen atoms in total.